The molecule has 9 aromatic rings. The van der Waals surface area contributed by atoms with Gasteiger partial charge in [0.2, 0.25) is 0 Å². The van der Waals surface area contributed by atoms with Crippen molar-refractivity contribution in [1.82, 2.24) is 30.0 Å². The van der Waals surface area contributed by atoms with Gasteiger partial charge in [0.25, 0.3) is 0 Å². The fourth-order valence-electron chi connectivity index (χ4n) is 8.07. The van der Waals surface area contributed by atoms with E-state index in [9.17, 15) is 5.11 Å². The van der Waals surface area contributed by atoms with Crippen LogP contribution in [0, 0.1) is 0 Å². The molecule has 0 atom stereocenters. The first-order chi connectivity index (χ1) is 28.1. The molecule has 10 heteroatoms. The quantitative estimate of drug-likeness (QED) is 0.0628. The summed E-state index contributed by atoms with van der Waals surface area (Å²) >= 11 is 0. The van der Waals surface area contributed by atoms with Crippen molar-refractivity contribution in [3.05, 3.63) is 156 Å². The minimum Gasteiger partial charge on any atom is -0.497 e. The molecule has 0 amide bonds. The maximum Gasteiger partial charge on any atom is 0.143 e. The van der Waals surface area contributed by atoms with Crippen molar-refractivity contribution in [2.24, 2.45) is 0 Å². The van der Waals surface area contributed by atoms with Gasteiger partial charge in [-0.3, -0.25) is 9.36 Å². The Morgan fingerprint density at radius 3 is 1.51 bits per heavy atom. The van der Waals surface area contributed by atoms with E-state index >= 15 is 0 Å². The Balaban J connectivity index is 1.00. The number of benzene rings is 7. The van der Waals surface area contributed by atoms with E-state index in [1.807, 2.05) is 59.5 Å². The minimum absolute atomic E-state index is 0.116. The van der Waals surface area contributed by atoms with Crippen LogP contribution in [0.2, 0.25) is 0 Å². The van der Waals surface area contributed by atoms with Gasteiger partial charge in [0.1, 0.15) is 28.5 Å². The van der Waals surface area contributed by atoms with Gasteiger partial charge in [0.15, 0.2) is 0 Å². The van der Waals surface area contributed by atoms with Crippen LogP contribution in [0.4, 0.5) is 0 Å². The highest BCUT2D eigenvalue weighted by atomic mass is 16.5. The second-order valence-electron chi connectivity index (χ2n) is 14.2. The molecule has 2 aromatic heterocycles. The number of aliphatic hydroxyl groups excluding tert-OH is 1. The molecule has 9 rings (SSSR count). The van der Waals surface area contributed by atoms with Gasteiger partial charge in [-0.2, -0.15) is 0 Å². The molecule has 0 fully saturated rings. The molecule has 0 radical (unpaired) electrons. The molecule has 284 valence electrons. The van der Waals surface area contributed by atoms with Crippen LogP contribution in [0.25, 0.3) is 54.8 Å². The van der Waals surface area contributed by atoms with E-state index in [0.29, 0.717) is 32.5 Å². The lowest BCUT2D eigenvalue weighted by molar-refractivity contribution is 0.00962. The summed E-state index contributed by atoms with van der Waals surface area (Å²) in [5.41, 5.74) is 5.81. The lowest BCUT2D eigenvalue weighted by Crippen LogP contribution is -2.33. The standard InChI is InChI=1S/C47H42N6O4/c1-55-37-18-14-35(15-19-37)47(34-8-4-3-5-9-34,36-16-20-38(56-2)21-17-36)57-29-7-27-53-31-44(49-51-53)40-23-11-33-12-24-41-39(43-30-52(50-48-43)26-6-28-54)22-10-32-13-25-42(40)46(33)45(32)41/h3-5,8-25,30-31,54H,6-7,26-29H2,1-2H3. The molecule has 0 spiro atoms. The van der Waals surface area contributed by atoms with Crippen LogP contribution in [0.5, 0.6) is 11.5 Å². The average molecular weight is 755 g/mol. The van der Waals surface area contributed by atoms with Gasteiger partial charge in [0.05, 0.1) is 33.2 Å². The highest BCUT2D eigenvalue weighted by molar-refractivity contribution is 6.27. The second kappa shape index (κ2) is 15.5. The van der Waals surface area contributed by atoms with Crippen molar-refractivity contribution < 1.29 is 19.3 Å². The molecule has 0 unspecified atom stereocenters. The summed E-state index contributed by atoms with van der Waals surface area (Å²) in [5.74, 6) is 1.56. The van der Waals surface area contributed by atoms with Gasteiger partial charge in [-0.1, -0.05) is 114 Å². The predicted octanol–water partition coefficient (Wildman–Crippen LogP) is 8.90. The molecule has 0 aliphatic rings. The van der Waals surface area contributed by atoms with Crippen LogP contribution in [-0.4, -0.2) is 62.5 Å². The summed E-state index contributed by atoms with van der Waals surface area (Å²) in [6, 6.07) is 43.8. The van der Waals surface area contributed by atoms with Gasteiger partial charge in [-0.25, -0.2) is 0 Å². The van der Waals surface area contributed by atoms with E-state index in [4.69, 9.17) is 14.2 Å². The van der Waals surface area contributed by atoms with Gasteiger partial charge >= 0.3 is 0 Å². The fourth-order valence-corrected chi connectivity index (χ4v) is 8.07. The van der Waals surface area contributed by atoms with Crippen LogP contribution in [0.1, 0.15) is 29.5 Å². The number of nitrogens with zero attached hydrogens (tertiary/aromatic N) is 6. The Labute approximate surface area is 330 Å². The Hall–Kier alpha value is -6.62. The molecule has 0 aliphatic heterocycles. The number of aryl methyl sites for hydroxylation is 2. The number of ether oxygens (including phenoxy) is 3. The van der Waals surface area contributed by atoms with E-state index < -0.39 is 5.60 Å². The highest BCUT2D eigenvalue weighted by Crippen LogP contribution is 2.43. The molecule has 0 saturated carbocycles. The van der Waals surface area contributed by atoms with Crippen molar-refractivity contribution in [1.29, 1.82) is 0 Å². The fraction of sp³-hybridized carbons (Fsp3) is 0.191. The molecule has 10 nitrogen and oxygen atoms in total. The van der Waals surface area contributed by atoms with E-state index in [-0.39, 0.29) is 6.61 Å². The lowest BCUT2D eigenvalue weighted by atomic mass is 9.80. The van der Waals surface area contributed by atoms with Crippen molar-refractivity contribution in [3.63, 3.8) is 0 Å². The first kappa shape index (κ1) is 36.0. The number of rotatable bonds is 15. The summed E-state index contributed by atoms with van der Waals surface area (Å²) in [7, 11) is 3.35. The predicted molar refractivity (Wildman–Crippen MR) is 223 cm³/mol. The zero-order valence-corrected chi connectivity index (χ0v) is 31.9. The van der Waals surface area contributed by atoms with Gasteiger partial charge in [0, 0.05) is 30.8 Å². The van der Waals surface area contributed by atoms with Crippen LogP contribution >= 0.6 is 0 Å². The van der Waals surface area contributed by atoms with Crippen molar-refractivity contribution >= 4 is 32.3 Å². The van der Waals surface area contributed by atoms with Crippen molar-refractivity contribution in [2.75, 3.05) is 27.4 Å². The number of hydrogen-bond acceptors (Lipinski definition) is 8. The number of hydrogen-bond donors (Lipinski definition) is 1. The van der Waals surface area contributed by atoms with Crippen molar-refractivity contribution in [2.45, 2.75) is 31.5 Å². The monoisotopic (exact) mass is 754 g/mol. The second-order valence-corrected chi connectivity index (χ2v) is 14.2. The van der Waals surface area contributed by atoms with Crippen LogP contribution in [-0.2, 0) is 23.4 Å². The van der Waals surface area contributed by atoms with Gasteiger partial charge < -0.3 is 19.3 Å². The molecule has 2 heterocycles. The average Bonchev–Trinajstić information content (AvgIpc) is 3.95. The summed E-state index contributed by atoms with van der Waals surface area (Å²) < 4.78 is 21.8. The molecule has 0 aliphatic carbocycles. The molecule has 0 saturated heterocycles. The number of aliphatic hydroxyl groups is 1. The molecule has 7 aromatic carbocycles. The summed E-state index contributed by atoms with van der Waals surface area (Å²) in [6.07, 6.45) is 5.32. The maximum absolute atomic E-state index is 9.28. The van der Waals surface area contributed by atoms with E-state index in [2.05, 4.69) is 106 Å². The minimum atomic E-state index is -0.884. The lowest BCUT2D eigenvalue weighted by Gasteiger charge is -2.36. The Bertz CT molecular complexity index is 2710. The largest absolute Gasteiger partial charge is 0.497 e. The summed E-state index contributed by atoms with van der Waals surface area (Å²) in [6.45, 7) is 1.81. The van der Waals surface area contributed by atoms with Gasteiger partial charge in [-0.05, 0) is 86.1 Å². The molecular formula is C47H42N6O4. The highest BCUT2D eigenvalue weighted by Gasteiger charge is 2.37. The van der Waals surface area contributed by atoms with E-state index in [1.54, 1.807) is 18.9 Å². The number of methoxy groups -OCH3 is 2. The maximum atomic E-state index is 9.28. The van der Waals surface area contributed by atoms with Crippen LogP contribution in [0.15, 0.2) is 140 Å². The van der Waals surface area contributed by atoms with Crippen LogP contribution in [0.3, 0.4) is 0 Å². The smallest absolute Gasteiger partial charge is 0.143 e. The summed E-state index contributed by atoms with van der Waals surface area (Å²) in [4.78, 5) is 0. The molecule has 0 bridgehead atoms. The SMILES string of the molecule is COc1ccc(C(OCCCn2cc(-c3ccc4ccc5c(-c6cn(CCCO)nn6)ccc6ccc3c4c65)nn2)(c2ccccc2)c2ccc(OC)cc2)cc1. The molecule has 57 heavy (non-hydrogen) atoms. The Kier molecular flexibility index (Phi) is 9.80. The van der Waals surface area contributed by atoms with Crippen molar-refractivity contribution in [3.8, 4) is 34.0 Å². The normalized spacial score (nSPS) is 11.9. The Morgan fingerprint density at radius 1 is 0.544 bits per heavy atom. The van der Waals surface area contributed by atoms with E-state index in [0.717, 1.165) is 72.2 Å². The first-order valence-electron chi connectivity index (χ1n) is 19.2. The third-order valence-corrected chi connectivity index (χ3v) is 10.9. The van der Waals surface area contributed by atoms with E-state index in [1.165, 1.54) is 10.8 Å². The molecular weight excluding hydrogens is 713 g/mol. The third-order valence-electron chi connectivity index (χ3n) is 10.9. The third kappa shape index (κ3) is 6.62. The summed E-state index contributed by atoms with van der Waals surface area (Å²) in [5, 5.41) is 34.3. The Morgan fingerprint density at radius 2 is 1.02 bits per heavy atom. The van der Waals surface area contributed by atoms with Gasteiger partial charge in [-0.15, -0.1) is 10.2 Å². The zero-order valence-electron chi connectivity index (χ0n) is 31.9. The van der Waals surface area contributed by atoms with Crippen LogP contribution < -0.4 is 9.47 Å². The first-order valence-corrected chi connectivity index (χ1v) is 19.2. The molecule has 1 N–H and O–H groups in total. The topological polar surface area (TPSA) is 109 Å². The number of aromatic nitrogens is 6. The zero-order chi connectivity index (χ0) is 38.8.